The third-order valence-electron chi connectivity index (χ3n) is 6.94. The first-order valence-corrected chi connectivity index (χ1v) is 12.2. The molecule has 0 aliphatic carbocycles. The van der Waals surface area contributed by atoms with E-state index in [9.17, 15) is 0 Å². The molecule has 1 aromatic heterocycles. The van der Waals surface area contributed by atoms with Crippen LogP contribution in [0.1, 0.15) is 42.2 Å². The van der Waals surface area contributed by atoms with Gasteiger partial charge in [-0.25, -0.2) is 5.01 Å². The lowest BCUT2D eigenvalue weighted by atomic mass is 9.91. The van der Waals surface area contributed by atoms with Crippen LogP contribution in [-0.4, -0.2) is 41.5 Å². The van der Waals surface area contributed by atoms with Crippen molar-refractivity contribution in [3.8, 4) is 11.5 Å². The summed E-state index contributed by atoms with van der Waals surface area (Å²) in [5.74, 6) is 2.43. The topological polar surface area (TPSA) is 50.4 Å². The maximum absolute atomic E-state index is 6.83. The van der Waals surface area contributed by atoms with Gasteiger partial charge < -0.3 is 13.9 Å². The van der Waals surface area contributed by atoms with E-state index in [0.29, 0.717) is 0 Å². The second-order valence-corrected chi connectivity index (χ2v) is 9.84. The van der Waals surface area contributed by atoms with Crippen LogP contribution in [0.2, 0.25) is 0 Å². The van der Waals surface area contributed by atoms with Crippen LogP contribution in [0.25, 0.3) is 0 Å². The fourth-order valence-corrected chi connectivity index (χ4v) is 5.74. The number of likely N-dealkylation sites (tertiary alicyclic amines) is 1. The highest BCUT2D eigenvalue weighted by Gasteiger charge is 2.53. The van der Waals surface area contributed by atoms with Gasteiger partial charge in [0.2, 0.25) is 5.72 Å². The standard InChI is InChI=1S/C26H26BrN3O3/c1-31-24-15-19(27)14-20-22-16-21(23-8-5-13-32-23)28-30(22)26(33-25(20)24)9-11-29(12-10-26)17-18-6-3-2-4-7-18/h2-8,13-15,22H,9-12,16-17H2,1H3/t22-/m0/s1. The zero-order valence-electron chi connectivity index (χ0n) is 18.5. The minimum Gasteiger partial charge on any atom is -0.493 e. The van der Waals surface area contributed by atoms with E-state index in [0.717, 1.165) is 71.9 Å². The zero-order chi connectivity index (χ0) is 22.4. The Morgan fingerprint density at radius 1 is 1.12 bits per heavy atom. The molecule has 0 saturated carbocycles. The number of benzene rings is 2. The van der Waals surface area contributed by atoms with E-state index in [4.69, 9.17) is 19.0 Å². The van der Waals surface area contributed by atoms with Gasteiger partial charge in [0.1, 0.15) is 11.5 Å². The number of methoxy groups -OCH3 is 1. The predicted octanol–water partition coefficient (Wildman–Crippen LogP) is 5.59. The van der Waals surface area contributed by atoms with Gasteiger partial charge in [-0.05, 0) is 29.8 Å². The maximum Gasteiger partial charge on any atom is 0.200 e. The highest BCUT2D eigenvalue weighted by atomic mass is 79.9. The Bertz CT molecular complexity index is 1170. The Balaban J connectivity index is 1.34. The number of hydrogen-bond acceptors (Lipinski definition) is 6. The predicted molar refractivity (Wildman–Crippen MR) is 129 cm³/mol. The molecule has 1 spiro atoms. The van der Waals surface area contributed by atoms with Gasteiger partial charge in [-0.2, -0.15) is 5.10 Å². The summed E-state index contributed by atoms with van der Waals surface area (Å²) in [6.45, 7) is 2.84. The number of ether oxygens (including phenoxy) is 2. The third-order valence-corrected chi connectivity index (χ3v) is 7.40. The van der Waals surface area contributed by atoms with E-state index >= 15 is 0 Å². The van der Waals surface area contributed by atoms with Crippen LogP contribution >= 0.6 is 15.9 Å². The molecule has 6 nitrogen and oxygen atoms in total. The number of piperidine rings is 1. The van der Waals surface area contributed by atoms with Crippen LogP contribution in [0.3, 0.4) is 0 Å². The number of furan rings is 1. The number of halogens is 1. The monoisotopic (exact) mass is 507 g/mol. The average Bonchev–Trinajstić information content (AvgIpc) is 3.52. The normalized spacial score (nSPS) is 21.3. The smallest absolute Gasteiger partial charge is 0.200 e. The molecular weight excluding hydrogens is 482 g/mol. The molecule has 3 aliphatic rings. The van der Waals surface area contributed by atoms with Crippen molar-refractivity contribution in [1.82, 2.24) is 9.91 Å². The molecule has 0 amide bonds. The molecule has 3 aliphatic heterocycles. The second kappa shape index (κ2) is 8.22. The van der Waals surface area contributed by atoms with E-state index in [2.05, 4.69) is 62.2 Å². The first-order chi connectivity index (χ1) is 16.1. The van der Waals surface area contributed by atoms with Crippen molar-refractivity contribution in [2.75, 3.05) is 20.2 Å². The van der Waals surface area contributed by atoms with Gasteiger partial charge in [0.25, 0.3) is 0 Å². The molecule has 33 heavy (non-hydrogen) atoms. The van der Waals surface area contributed by atoms with E-state index in [1.807, 2.05) is 18.2 Å². The SMILES string of the molecule is COc1cc(Br)cc2c1OC1(CCN(Cc3ccccc3)CC1)N1N=C(c3ccco3)C[C@@H]21. The molecule has 1 atom stereocenters. The average molecular weight is 508 g/mol. The van der Waals surface area contributed by atoms with Crippen LogP contribution in [0.15, 0.2) is 74.9 Å². The van der Waals surface area contributed by atoms with Crippen molar-refractivity contribution < 1.29 is 13.9 Å². The zero-order valence-corrected chi connectivity index (χ0v) is 20.1. The summed E-state index contributed by atoms with van der Waals surface area (Å²) in [7, 11) is 1.70. The van der Waals surface area contributed by atoms with Gasteiger partial charge in [0.15, 0.2) is 11.5 Å². The van der Waals surface area contributed by atoms with E-state index in [1.54, 1.807) is 13.4 Å². The summed E-state index contributed by atoms with van der Waals surface area (Å²) in [5.41, 5.74) is 2.91. The largest absolute Gasteiger partial charge is 0.493 e. The van der Waals surface area contributed by atoms with Gasteiger partial charge >= 0.3 is 0 Å². The molecule has 0 unspecified atom stereocenters. The Morgan fingerprint density at radius 3 is 2.67 bits per heavy atom. The quantitative estimate of drug-likeness (QED) is 0.460. The second-order valence-electron chi connectivity index (χ2n) is 8.92. The van der Waals surface area contributed by atoms with Crippen LogP contribution < -0.4 is 9.47 Å². The van der Waals surface area contributed by atoms with Crippen LogP contribution in [0.4, 0.5) is 0 Å². The summed E-state index contributed by atoms with van der Waals surface area (Å²) in [6.07, 6.45) is 4.21. The number of nitrogens with zero attached hydrogens (tertiary/aromatic N) is 3. The summed E-state index contributed by atoms with van der Waals surface area (Å²) in [5, 5.41) is 7.29. The van der Waals surface area contributed by atoms with Crippen LogP contribution in [0, 0.1) is 0 Å². The molecule has 1 saturated heterocycles. The van der Waals surface area contributed by atoms with Crippen LogP contribution in [-0.2, 0) is 6.54 Å². The molecule has 170 valence electrons. The van der Waals surface area contributed by atoms with Crippen molar-refractivity contribution in [3.63, 3.8) is 0 Å². The van der Waals surface area contributed by atoms with Gasteiger partial charge in [-0.3, -0.25) is 4.90 Å². The minimum absolute atomic E-state index is 0.0842. The van der Waals surface area contributed by atoms with Crippen molar-refractivity contribution in [3.05, 3.63) is 82.2 Å². The molecule has 0 radical (unpaired) electrons. The molecule has 1 fully saturated rings. The van der Waals surface area contributed by atoms with Crippen molar-refractivity contribution >= 4 is 21.6 Å². The molecule has 0 N–H and O–H groups in total. The molecule has 2 aromatic carbocycles. The molecular formula is C26H26BrN3O3. The van der Waals surface area contributed by atoms with Gasteiger partial charge in [-0.15, -0.1) is 0 Å². The summed E-state index contributed by atoms with van der Waals surface area (Å²) < 4.78 is 19.2. The van der Waals surface area contributed by atoms with Gasteiger partial charge in [0, 0.05) is 48.9 Å². The molecule has 3 aromatic rings. The van der Waals surface area contributed by atoms with E-state index in [1.165, 1.54) is 5.56 Å². The fourth-order valence-electron chi connectivity index (χ4n) is 5.29. The van der Waals surface area contributed by atoms with Gasteiger partial charge in [0.05, 0.1) is 19.4 Å². The van der Waals surface area contributed by atoms with Crippen molar-refractivity contribution in [1.29, 1.82) is 0 Å². The lowest BCUT2D eigenvalue weighted by molar-refractivity contribution is -0.151. The summed E-state index contributed by atoms with van der Waals surface area (Å²) >= 11 is 3.64. The highest BCUT2D eigenvalue weighted by Crippen LogP contribution is 2.53. The number of fused-ring (bicyclic) bond motifs is 4. The number of hydrogen-bond donors (Lipinski definition) is 0. The number of hydrazone groups is 1. The highest BCUT2D eigenvalue weighted by molar-refractivity contribution is 9.10. The molecule has 0 bridgehead atoms. The number of rotatable bonds is 4. The van der Waals surface area contributed by atoms with E-state index < -0.39 is 5.72 Å². The van der Waals surface area contributed by atoms with Crippen molar-refractivity contribution in [2.24, 2.45) is 5.10 Å². The molecule has 7 heteroatoms. The van der Waals surface area contributed by atoms with Crippen molar-refractivity contribution in [2.45, 2.75) is 37.6 Å². The Labute approximate surface area is 201 Å². The maximum atomic E-state index is 6.83. The molecule has 4 heterocycles. The lowest BCUT2D eigenvalue weighted by Gasteiger charge is -2.51. The Morgan fingerprint density at radius 2 is 1.94 bits per heavy atom. The van der Waals surface area contributed by atoms with Crippen LogP contribution in [0.5, 0.6) is 11.5 Å². The Kier molecular flexibility index (Phi) is 5.18. The van der Waals surface area contributed by atoms with E-state index in [-0.39, 0.29) is 6.04 Å². The Hall–Kier alpha value is -2.77. The lowest BCUT2D eigenvalue weighted by Crippen LogP contribution is -2.59. The summed E-state index contributed by atoms with van der Waals surface area (Å²) in [4.78, 5) is 2.50. The van der Waals surface area contributed by atoms with Gasteiger partial charge in [-0.1, -0.05) is 46.3 Å². The third kappa shape index (κ3) is 3.63. The first-order valence-electron chi connectivity index (χ1n) is 11.4. The summed E-state index contributed by atoms with van der Waals surface area (Å²) in [6, 6.07) is 18.7. The molecule has 6 rings (SSSR count). The minimum atomic E-state index is -0.500. The fraction of sp³-hybridized carbons (Fsp3) is 0.346. The first kappa shape index (κ1) is 20.8.